The molecule has 1 aliphatic rings. The van der Waals surface area contributed by atoms with E-state index in [-0.39, 0.29) is 0 Å². The highest BCUT2D eigenvalue weighted by atomic mass is 35.5. The molecule has 0 amide bonds. The van der Waals surface area contributed by atoms with Crippen molar-refractivity contribution in [3.05, 3.63) is 71.4 Å². The van der Waals surface area contributed by atoms with Crippen LogP contribution in [0.1, 0.15) is 12.0 Å². The third-order valence-electron chi connectivity index (χ3n) is 5.75. The maximum absolute atomic E-state index is 6.20. The molecular weight excluding hydrogens is 368 g/mol. The molecule has 142 valence electrons. The molecule has 2 N–H and O–H groups in total. The maximum atomic E-state index is 6.20. The Morgan fingerprint density at radius 3 is 2.79 bits per heavy atom. The van der Waals surface area contributed by atoms with E-state index in [1.165, 1.54) is 21.9 Å². The lowest BCUT2D eigenvalue weighted by Gasteiger charge is -2.20. The second-order valence-electron chi connectivity index (χ2n) is 7.62. The van der Waals surface area contributed by atoms with Gasteiger partial charge in [-0.05, 0) is 48.7 Å². The van der Waals surface area contributed by atoms with Gasteiger partial charge in [0.15, 0.2) is 0 Å². The van der Waals surface area contributed by atoms with E-state index in [9.17, 15) is 0 Å². The van der Waals surface area contributed by atoms with Gasteiger partial charge >= 0.3 is 0 Å². The molecule has 0 saturated carbocycles. The van der Waals surface area contributed by atoms with E-state index < -0.39 is 0 Å². The molecule has 0 bridgehead atoms. The number of nitrogens with two attached hydrogens (primary N) is 1. The molecule has 0 spiro atoms. The summed E-state index contributed by atoms with van der Waals surface area (Å²) in [7, 11) is 0. The highest BCUT2D eigenvalue weighted by Crippen LogP contribution is 2.35. The van der Waals surface area contributed by atoms with E-state index >= 15 is 0 Å². The summed E-state index contributed by atoms with van der Waals surface area (Å²) >= 11 is 6.20. The van der Waals surface area contributed by atoms with Crippen LogP contribution >= 0.6 is 11.6 Å². The Morgan fingerprint density at radius 1 is 1.07 bits per heavy atom. The maximum Gasteiger partial charge on any atom is 0.138 e. The molecule has 3 heterocycles. The Bertz CT molecular complexity index is 1150. The lowest BCUT2D eigenvalue weighted by Crippen LogP contribution is -2.23. The number of para-hydroxylation sites is 1. The Hall–Kier alpha value is -2.56. The molecule has 1 aliphatic heterocycles. The zero-order chi connectivity index (χ0) is 19.1. The number of halogens is 1. The van der Waals surface area contributed by atoms with E-state index in [1.54, 1.807) is 0 Å². The normalized spacial score (nSPS) is 17.1. The summed E-state index contributed by atoms with van der Waals surface area (Å²) in [5, 5.41) is 3.16. The van der Waals surface area contributed by atoms with Crippen LogP contribution in [-0.2, 0) is 6.54 Å². The smallest absolute Gasteiger partial charge is 0.138 e. The third-order valence-corrected chi connectivity index (χ3v) is 5.99. The fourth-order valence-electron chi connectivity index (χ4n) is 4.32. The molecule has 5 rings (SSSR count). The second kappa shape index (κ2) is 7.12. The van der Waals surface area contributed by atoms with Crippen LogP contribution in [0, 0.1) is 5.92 Å². The monoisotopic (exact) mass is 390 g/mol. The molecule has 0 aliphatic carbocycles. The molecular formula is C23H23ClN4. The number of rotatable bonds is 4. The number of fused-ring (bicyclic) bond motifs is 3. The lowest BCUT2D eigenvalue weighted by molar-refractivity contribution is 0.602. The summed E-state index contributed by atoms with van der Waals surface area (Å²) in [6.07, 6.45) is 3.30. The number of aromatic nitrogens is 2. The van der Waals surface area contributed by atoms with E-state index in [4.69, 9.17) is 22.3 Å². The first-order valence-corrected chi connectivity index (χ1v) is 10.2. The summed E-state index contributed by atoms with van der Waals surface area (Å²) in [4.78, 5) is 7.44. The van der Waals surface area contributed by atoms with Crippen molar-refractivity contribution in [2.24, 2.45) is 11.7 Å². The summed E-state index contributed by atoms with van der Waals surface area (Å²) in [5.41, 5.74) is 9.38. The minimum Gasteiger partial charge on any atom is -0.356 e. The third kappa shape index (κ3) is 3.03. The van der Waals surface area contributed by atoms with Gasteiger partial charge in [-0.15, -0.1) is 0 Å². The van der Waals surface area contributed by atoms with Gasteiger partial charge in [0, 0.05) is 41.6 Å². The summed E-state index contributed by atoms with van der Waals surface area (Å²) in [6, 6.07) is 18.7. The van der Waals surface area contributed by atoms with Gasteiger partial charge in [0.05, 0.1) is 11.0 Å². The first kappa shape index (κ1) is 17.5. The van der Waals surface area contributed by atoms with Crippen LogP contribution in [0.3, 0.4) is 0 Å². The number of hydrogen-bond donors (Lipinski definition) is 1. The van der Waals surface area contributed by atoms with Crippen molar-refractivity contribution in [2.75, 3.05) is 24.5 Å². The van der Waals surface area contributed by atoms with Gasteiger partial charge in [-0.3, -0.25) is 0 Å². The first-order chi connectivity index (χ1) is 13.7. The van der Waals surface area contributed by atoms with Crippen LogP contribution in [0.15, 0.2) is 60.8 Å². The quantitative estimate of drug-likeness (QED) is 0.550. The lowest BCUT2D eigenvalue weighted by atomic mass is 10.1. The molecule has 5 heteroatoms. The molecule has 1 atom stereocenters. The van der Waals surface area contributed by atoms with Crippen LogP contribution in [0.2, 0.25) is 5.02 Å². The average Bonchev–Trinajstić information content (AvgIpc) is 3.35. The standard InChI is InChI=1S/C23H23ClN4/c24-18-5-3-4-16(12-18)14-27-11-9-20-22(27)19-6-1-2-7-21(19)26-23(20)28-10-8-17(13-25)15-28/h1-7,9,11-12,17H,8,10,13-15,25H2/t17-/m0/s1. The van der Waals surface area contributed by atoms with Gasteiger partial charge in [-0.1, -0.05) is 41.9 Å². The first-order valence-electron chi connectivity index (χ1n) is 9.80. The highest BCUT2D eigenvalue weighted by Gasteiger charge is 2.25. The van der Waals surface area contributed by atoms with Crippen LogP contribution in [-0.4, -0.2) is 29.2 Å². The van der Waals surface area contributed by atoms with Gasteiger partial charge < -0.3 is 15.2 Å². The van der Waals surface area contributed by atoms with Crippen molar-refractivity contribution >= 4 is 39.2 Å². The van der Waals surface area contributed by atoms with Crippen molar-refractivity contribution in [3.63, 3.8) is 0 Å². The van der Waals surface area contributed by atoms with Gasteiger partial charge in [-0.25, -0.2) is 4.98 Å². The predicted octanol–water partition coefficient (Wildman–Crippen LogP) is 4.68. The van der Waals surface area contributed by atoms with Crippen LogP contribution in [0.25, 0.3) is 21.8 Å². The van der Waals surface area contributed by atoms with E-state index in [1.807, 2.05) is 18.2 Å². The number of nitrogens with zero attached hydrogens (tertiary/aromatic N) is 3. The second-order valence-corrected chi connectivity index (χ2v) is 8.06. The van der Waals surface area contributed by atoms with Gasteiger partial charge in [0.25, 0.3) is 0 Å². The Morgan fingerprint density at radius 2 is 1.96 bits per heavy atom. The topological polar surface area (TPSA) is 47.1 Å². The zero-order valence-corrected chi connectivity index (χ0v) is 16.4. The Kier molecular flexibility index (Phi) is 4.46. The summed E-state index contributed by atoms with van der Waals surface area (Å²) < 4.78 is 2.31. The summed E-state index contributed by atoms with van der Waals surface area (Å²) in [6.45, 7) is 3.52. The Labute approximate surface area is 169 Å². The molecule has 4 aromatic rings. The van der Waals surface area contributed by atoms with Gasteiger partial charge in [0.2, 0.25) is 0 Å². The average molecular weight is 391 g/mol. The molecule has 0 radical (unpaired) electrons. The molecule has 0 unspecified atom stereocenters. The van der Waals surface area contributed by atoms with Crippen LogP contribution in [0.5, 0.6) is 0 Å². The fourth-order valence-corrected chi connectivity index (χ4v) is 4.53. The summed E-state index contributed by atoms with van der Waals surface area (Å²) in [5.74, 6) is 1.63. The number of pyridine rings is 1. The minimum absolute atomic E-state index is 0.553. The van der Waals surface area contributed by atoms with Crippen molar-refractivity contribution in [1.82, 2.24) is 9.55 Å². The van der Waals surface area contributed by atoms with E-state index in [2.05, 4.69) is 52.1 Å². The zero-order valence-electron chi connectivity index (χ0n) is 15.7. The minimum atomic E-state index is 0.553. The molecule has 1 fully saturated rings. The molecule has 28 heavy (non-hydrogen) atoms. The number of benzene rings is 2. The molecule has 1 saturated heterocycles. The fraction of sp³-hybridized carbons (Fsp3) is 0.261. The number of anilines is 1. The van der Waals surface area contributed by atoms with Crippen molar-refractivity contribution in [2.45, 2.75) is 13.0 Å². The largest absolute Gasteiger partial charge is 0.356 e. The van der Waals surface area contributed by atoms with Crippen molar-refractivity contribution in [3.8, 4) is 0 Å². The van der Waals surface area contributed by atoms with Crippen LogP contribution < -0.4 is 10.6 Å². The molecule has 2 aromatic heterocycles. The van der Waals surface area contributed by atoms with E-state index in [0.29, 0.717) is 5.92 Å². The highest BCUT2D eigenvalue weighted by molar-refractivity contribution is 6.30. The van der Waals surface area contributed by atoms with Crippen molar-refractivity contribution in [1.29, 1.82) is 0 Å². The molecule has 4 nitrogen and oxygen atoms in total. The van der Waals surface area contributed by atoms with E-state index in [0.717, 1.165) is 49.0 Å². The van der Waals surface area contributed by atoms with Gasteiger partial charge in [0.1, 0.15) is 5.82 Å². The predicted molar refractivity (Wildman–Crippen MR) is 117 cm³/mol. The van der Waals surface area contributed by atoms with Gasteiger partial charge in [-0.2, -0.15) is 0 Å². The molecule has 2 aromatic carbocycles. The number of hydrogen-bond acceptors (Lipinski definition) is 3. The SMILES string of the molecule is NC[C@@H]1CCN(c2nc3ccccc3c3c2ccn3Cc2cccc(Cl)c2)C1. The Balaban J connectivity index is 1.67. The van der Waals surface area contributed by atoms with Crippen molar-refractivity contribution < 1.29 is 0 Å². The van der Waals surface area contributed by atoms with Crippen LogP contribution in [0.4, 0.5) is 5.82 Å².